The number of nitrogens with zero attached hydrogens (tertiary/aromatic N) is 2. The Hall–Kier alpha value is -2.14. The molecule has 0 unspecified atom stereocenters. The molecule has 6 heteroatoms. The van der Waals surface area contributed by atoms with Gasteiger partial charge >= 0.3 is 0 Å². The maximum Gasteiger partial charge on any atom is 0.274 e. The van der Waals surface area contributed by atoms with Gasteiger partial charge in [0.15, 0.2) is 0 Å². The topological polar surface area (TPSA) is 66.9 Å². The van der Waals surface area contributed by atoms with Crippen LogP contribution in [0.4, 0.5) is 11.6 Å². The molecule has 0 atom stereocenters. The summed E-state index contributed by atoms with van der Waals surface area (Å²) in [6.07, 6.45) is 0. The van der Waals surface area contributed by atoms with Crippen LogP contribution in [0.2, 0.25) is 5.02 Å². The molecule has 0 saturated carbocycles. The number of para-hydroxylation sites is 1. The number of benzene rings is 1. The van der Waals surface area contributed by atoms with Crippen LogP contribution < -0.4 is 10.6 Å². The fourth-order valence-corrected chi connectivity index (χ4v) is 1.99. The first-order valence-corrected chi connectivity index (χ1v) is 7.49. The maximum absolute atomic E-state index is 12.3. The molecule has 1 heterocycles. The number of rotatable bonds is 5. The second-order valence-corrected chi connectivity index (χ2v) is 5.83. The summed E-state index contributed by atoms with van der Waals surface area (Å²) in [5.74, 6) is 0.605. The fraction of sp³-hybridized carbons (Fsp3) is 0.312. The zero-order chi connectivity index (χ0) is 16.1. The Morgan fingerprint density at radius 1 is 1.27 bits per heavy atom. The molecule has 0 aliphatic carbocycles. The van der Waals surface area contributed by atoms with Crippen LogP contribution >= 0.6 is 11.6 Å². The number of nitrogens with one attached hydrogen (secondary N) is 2. The van der Waals surface area contributed by atoms with Gasteiger partial charge in [-0.15, -0.1) is 0 Å². The highest BCUT2D eigenvalue weighted by molar-refractivity contribution is 6.33. The Morgan fingerprint density at radius 3 is 2.68 bits per heavy atom. The minimum absolute atomic E-state index is 0.304. The molecule has 0 fully saturated rings. The Balaban J connectivity index is 2.17. The lowest BCUT2D eigenvalue weighted by atomic mass is 10.2. The molecule has 1 aromatic carbocycles. The van der Waals surface area contributed by atoms with E-state index in [1.807, 2.05) is 13.0 Å². The average molecular weight is 319 g/mol. The third-order valence-electron chi connectivity index (χ3n) is 2.88. The molecule has 0 bridgehead atoms. The second kappa shape index (κ2) is 7.22. The van der Waals surface area contributed by atoms with Gasteiger partial charge in [-0.05, 0) is 31.0 Å². The number of hydrogen-bond donors (Lipinski definition) is 2. The van der Waals surface area contributed by atoms with Crippen molar-refractivity contribution in [1.82, 2.24) is 9.97 Å². The van der Waals surface area contributed by atoms with Crippen molar-refractivity contribution >= 4 is 29.1 Å². The van der Waals surface area contributed by atoms with Crippen molar-refractivity contribution in [2.24, 2.45) is 5.92 Å². The van der Waals surface area contributed by atoms with Crippen molar-refractivity contribution in [3.8, 4) is 0 Å². The van der Waals surface area contributed by atoms with Crippen LogP contribution in [0, 0.1) is 12.8 Å². The molecule has 1 aromatic heterocycles. The van der Waals surface area contributed by atoms with E-state index in [0.717, 1.165) is 12.2 Å². The van der Waals surface area contributed by atoms with Gasteiger partial charge in [-0.1, -0.05) is 37.6 Å². The largest absolute Gasteiger partial charge is 0.354 e. The summed E-state index contributed by atoms with van der Waals surface area (Å²) in [5.41, 5.74) is 1.59. The van der Waals surface area contributed by atoms with E-state index >= 15 is 0 Å². The first kappa shape index (κ1) is 16.2. The Bertz CT molecular complexity index is 673. The van der Waals surface area contributed by atoms with Gasteiger partial charge < -0.3 is 10.6 Å². The van der Waals surface area contributed by atoms with Crippen LogP contribution in [0.3, 0.4) is 0 Å². The van der Waals surface area contributed by atoms with Crippen LogP contribution in [0.25, 0.3) is 0 Å². The van der Waals surface area contributed by atoms with Crippen molar-refractivity contribution in [1.29, 1.82) is 0 Å². The molecule has 0 aliphatic heterocycles. The first-order chi connectivity index (χ1) is 10.5. The number of anilines is 2. The van der Waals surface area contributed by atoms with Gasteiger partial charge in [0.05, 0.1) is 10.7 Å². The third-order valence-corrected chi connectivity index (χ3v) is 3.21. The maximum atomic E-state index is 12.3. The molecule has 0 aliphatic rings. The Labute approximate surface area is 135 Å². The molecule has 0 spiro atoms. The van der Waals surface area contributed by atoms with Gasteiger partial charge in [-0.2, -0.15) is 0 Å². The van der Waals surface area contributed by atoms with Gasteiger partial charge in [0.25, 0.3) is 5.91 Å². The number of carbonyl (C=O) groups excluding carboxylic acids is 1. The van der Waals surface area contributed by atoms with Crippen molar-refractivity contribution in [3.63, 3.8) is 0 Å². The van der Waals surface area contributed by atoms with E-state index in [1.165, 1.54) is 0 Å². The Kier molecular flexibility index (Phi) is 5.33. The predicted octanol–water partition coefficient (Wildman–Crippen LogP) is 3.76. The van der Waals surface area contributed by atoms with Gasteiger partial charge in [0.2, 0.25) is 5.95 Å². The summed E-state index contributed by atoms with van der Waals surface area (Å²) in [5, 5.41) is 6.37. The average Bonchev–Trinajstić information content (AvgIpc) is 2.47. The van der Waals surface area contributed by atoms with Crippen LogP contribution in [-0.2, 0) is 0 Å². The monoisotopic (exact) mass is 318 g/mol. The number of amides is 1. The summed E-state index contributed by atoms with van der Waals surface area (Å²) >= 11 is 6.04. The lowest BCUT2D eigenvalue weighted by Gasteiger charge is -2.10. The highest BCUT2D eigenvalue weighted by atomic mass is 35.5. The zero-order valence-electron chi connectivity index (χ0n) is 12.9. The van der Waals surface area contributed by atoms with Crippen molar-refractivity contribution in [2.45, 2.75) is 20.8 Å². The van der Waals surface area contributed by atoms with Crippen molar-refractivity contribution in [2.75, 3.05) is 17.2 Å². The van der Waals surface area contributed by atoms with Gasteiger partial charge in [0.1, 0.15) is 5.69 Å². The van der Waals surface area contributed by atoms with Gasteiger partial charge in [-0.3, -0.25) is 4.79 Å². The summed E-state index contributed by atoms with van der Waals surface area (Å²) in [4.78, 5) is 20.9. The predicted molar refractivity (Wildman–Crippen MR) is 89.5 cm³/mol. The van der Waals surface area contributed by atoms with Gasteiger partial charge in [-0.25, -0.2) is 9.97 Å². The standard InChI is InChI=1S/C16H19ClN4O/c1-10(2)9-18-16-19-11(3)8-14(21-16)15(22)20-13-7-5-4-6-12(13)17/h4-8,10H,9H2,1-3H3,(H,20,22)(H,18,19,21). The van der Waals surface area contributed by atoms with Gasteiger partial charge in [0, 0.05) is 12.2 Å². The lowest BCUT2D eigenvalue weighted by molar-refractivity contribution is 0.102. The molecule has 2 rings (SSSR count). The van der Waals surface area contributed by atoms with Crippen molar-refractivity contribution < 1.29 is 4.79 Å². The molecule has 0 radical (unpaired) electrons. The quantitative estimate of drug-likeness (QED) is 0.881. The fourth-order valence-electron chi connectivity index (χ4n) is 1.81. The molecular weight excluding hydrogens is 300 g/mol. The molecule has 2 aromatic rings. The zero-order valence-corrected chi connectivity index (χ0v) is 13.6. The third kappa shape index (κ3) is 4.43. The van der Waals surface area contributed by atoms with E-state index in [0.29, 0.717) is 28.3 Å². The van der Waals surface area contributed by atoms with E-state index in [9.17, 15) is 4.79 Å². The molecule has 5 nitrogen and oxygen atoms in total. The summed E-state index contributed by atoms with van der Waals surface area (Å²) in [6, 6.07) is 8.72. The normalized spacial score (nSPS) is 10.6. The summed E-state index contributed by atoms with van der Waals surface area (Å²) in [6.45, 7) is 6.76. The molecular formula is C16H19ClN4O. The van der Waals surface area contributed by atoms with Crippen LogP contribution in [0.15, 0.2) is 30.3 Å². The number of hydrogen-bond acceptors (Lipinski definition) is 4. The van der Waals surface area contributed by atoms with E-state index in [1.54, 1.807) is 24.3 Å². The van der Waals surface area contributed by atoms with E-state index < -0.39 is 0 Å². The SMILES string of the molecule is Cc1cc(C(=O)Nc2ccccc2Cl)nc(NCC(C)C)n1. The molecule has 1 amide bonds. The van der Waals surface area contributed by atoms with Crippen molar-refractivity contribution in [3.05, 3.63) is 46.7 Å². The van der Waals surface area contributed by atoms with Crippen LogP contribution in [-0.4, -0.2) is 22.4 Å². The summed E-state index contributed by atoms with van der Waals surface area (Å²) < 4.78 is 0. The summed E-state index contributed by atoms with van der Waals surface area (Å²) in [7, 11) is 0. The number of carbonyl (C=O) groups is 1. The molecule has 116 valence electrons. The Morgan fingerprint density at radius 2 is 2.00 bits per heavy atom. The molecule has 2 N–H and O–H groups in total. The smallest absolute Gasteiger partial charge is 0.274 e. The first-order valence-electron chi connectivity index (χ1n) is 7.11. The molecule has 0 saturated heterocycles. The molecule has 22 heavy (non-hydrogen) atoms. The van der Waals surface area contributed by atoms with E-state index in [-0.39, 0.29) is 5.91 Å². The second-order valence-electron chi connectivity index (χ2n) is 5.43. The minimum atomic E-state index is -0.314. The van der Waals surface area contributed by atoms with E-state index in [4.69, 9.17) is 11.6 Å². The lowest BCUT2D eigenvalue weighted by Crippen LogP contribution is -2.17. The highest BCUT2D eigenvalue weighted by Crippen LogP contribution is 2.21. The number of aryl methyl sites for hydroxylation is 1. The number of halogens is 1. The van der Waals surface area contributed by atoms with Crippen LogP contribution in [0.5, 0.6) is 0 Å². The van der Waals surface area contributed by atoms with E-state index in [2.05, 4.69) is 34.4 Å². The van der Waals surface area contributed by atoms with Crippen LogP contribution in [0.1, 0.15) is 30.0 Å². The number of aromatic nitrogens is 2. The minimum Gasteiger partial charge on any atom is -0.354 e. The highest BCUT2D eigenvalue weighted by Gasteiger charge is 2.12.